The van der Waals surface area contributed by atoms with Gasteiger partial charge >= 0.3 is 12.1 Å². The lowest BCUT2D eigenvalue weighted by Crippen LogP contribution is -2.47. The lowest BCUT2D eigenvalue weighted by molar-refractivity contribution is -0.143. The zero-order chi connectivity index (χ0) is 20.0. The summed E-state index contributed by atoms with van der Waals surface area (Å²) in [5, 5.41) is 3.50. The fourth-order valence-electron chi connectivity index (χ4n) is 3.77. The number of hydrogen-bond donors (Lipinski definition) is 1. The van der Waals surface area contributed by atoms with Crippen molar-refractivity contribution in [3.8, 4) is 0 Å². The monoisotopic (exact) mass is 388 g/mol. The van der Waals surface area contributed by atoms with Crippen molar-refractivity contribution < 1.29 is 19.1 Å². The molecule has 2 N–H and O–H groups in total. The van der Waals surface area contributed by atoms with Gasteiger partial charge in [0.05, 0.1) is 19.4 Å². The van der Waals surface area contributed by atoms with Crippen LogP contribution in [-0.2, 0) is 14.3 Å². The molecule has 8 heteroatoms. The number of piperidine rings is 1. The topological polar surface area (TPSA) is 97.5 Å². The van der Waals surface area contributed by atoms with E-state index in [4.69, 9.17) is 15.3 Å². The molecule has 0 atom stereocenters. The molecule has 2 aliphatic heterocycles. The predicted molar refractivity (Wildman–Crippen MR) is 106 cm³/mol. The van der Waals surface area contributed by atoms with E-state index in [-0.39, 0.29) is 12.1 Å². The first-order valence-corrected chi connectivity index (χ1v) is 9.77. The highest BCUT2D eigenvalue weighted by atomic mass is 16.6. The van der Waals surface area contributed by atoms with E-state index in [0.717, 1.165) is 50.1 Å². The Hall–Kier alpha value is -2.61. The largest absolute Gasteiger partial charge is 0.466 e. The van der Waals surface area contributed by atoms with Gasteiger partial charge in [0.2, 0.25) is 0 Å². The highest BCUT2D eigenvalue weighted by Crippen LogP contribution is 2.35. The van der Waals surface area contributed by atoms with Crippen LogP contribution in [0.3, 0.4) is 0 Å². The van der Waals surface area contributed by atoms with Crippen LogP contribution < -0.4 is 10.7 Å². The van der Waals surface area contributed by atoms with E-state index in [0.29, 0.717) is 19.6 Å². The average molecular weight is 388 g/mol. The summed E-state index contributed by atoms with van der Waals surface area (Å²) in [5.41, 5.74) is 1.27. The number of benzene rings is 1. The SMILES string of the molecule is CCOC(=O)CCCN1CCC2(CC1)CN(c1ccc(C=NN)cc1)C(=O)O2. The Morgan fingerprint density at radius 3 is 2.68 bits per heavy atom. The Kier molecular flexibility index (Phi) is 6.51. The summed E-state index contributed by atoms with van der Waals surface area (Å²) in [4.78, 5) is 27.9. The van der Waals surface area contributed by atoms with Crippen molar-refractivity contribution in [2.75, 3.05) is 37.7 Å². The maximum atomic E-state index is 12.4. The molecule has 1 aromatic rings. The molecule has 0 saturated carbocycles. The van der Waals surface area contributed by atoms with Gasteiger partial charge in [-0.25, -0.2) is 4.79 Å². The van der Waals surface area contributed by atoms with Gasteiger partial charge in [-0.3, -0.25) is 9.69 Å². The molecule has 152 valence electrons. The number of hydrogen-bond acceptors (Lipinski definition) is 7. The quantitative estimate of drug-likeness (QED) is 0.333. The Morgan fingerprint density at radius 2 is 2.04 bits per heavy atom. The van der Waals surface area contributed by atoms with Crippen LogP contribution in [0.2, 0.25) is 0 Å². The number of esters is 1. The Bertz CT molecular complexity index is 711. The minimum Gasteiger partial charge on any atom is -0.466 e. The van der Waals surface area contributed by atoms with E-state index in [1.807, 2.05) is 31.2 Å². The molecule has 1 amide bonds. The van der Waals surface area contributed by atoms with Gasteiger partial charge in [-0.05, 0) is 37.6 Å². The van der Waals surface area contributed by atoms with Crippen LogP contribution >= 0.6 is 0 Å². The molecule has 0 bridgehead atoms. The first kappa shape index (κ1) is 20.1. The second kappa shape index (κ2) is 9.05. The predicted octanol–water partition coefficient (Wildman–Crippen LogP) is 2.11. The van der Waals surface area contributed by atoms with Crippen LogP contribution in [0.1, 0.15) is 38.2 Å². The molecular formula is C20H28N4O4. The van der Waals surface area contributed by atoms with E-state index in [1.165, 1.54) is 0 Å². The minimum absolute atomic E-state index is 0.139. The Morgan fingerprint density at radius 1 is 1.32 bits per heavy atom. The highest BCUT2D eigenvalue weighted by Gasteiger charge is 2.47. The number of hydrazone groups is 1. The van der Waals surface area contributed by atoms with Crippen molar-refractivity contribution in [2.24, 2.45) is 10.9 Å². The van der Waals surface area contributed by atoms with Gasteiger partial charge in [-0.15, -0.1) is 0 Å². The van der Waals surface area contributed by atoms with Gasteiger partial charge in [0.25, 0.3) is 0 Å². The average Bonchev–Trinajstić information content (AvgIpc) is 3.01. The molecule has 1 spiro atoms. The van der Waals surface area contributed by atoms with Gasteiger partial charge < -0.3 is 20.2 Å². The molecule has 8 nitrogen and oxygen atoms in total. The van der Waals surface area contributed by atoms with E-state index < -0.39 is 5.60 Å². The van der Waals surface area contributed by atoms with Crippen molar-refractivity contribution in [3.05, 3.63) is 29.8 Å². The van der Waals surface area contributed by atoms with E-state index >= 15 is 0 Å². The maximum absolute atomic E-state index is 12.4. The highest BCUT2D eigenvalue weighted by molar-refractivity contribution is 5.91. The minimum atomic E-state index is -0.424. The molecule has 2 aliphatic rings. The van der Waals surface area contributed by atoms with E-state index in [9.17, 15) is 9.59 Å². The fraction of sp³-hybridized carbons (Fsp3) is 0.550. The molecule has 0 radical (unpaired) electrons. The smallest absolute Gasteiger partial charge is 0.415 e. The Balaban J connectivity index is 1.50. The van der Waals surface area contributed by atoms with Crippen molar-refractivity contribution >= 4 is 24.0 Å². The zero-order valence-electron chi connectivity index (χ0n) is 16.3. The van der Waals surface area contributed by atoms with Gasteiger partial charge in [0.1, 0.15) is 5.60 Å². The van der Waals surface area contributed by atoms with Crippen molar-refractivity contribution in [1.82, 2.24) is 4.90 Å². The van der Waals surface area contributed by atoms with Gasteiger partial charge in [0.15, 0.2) is 0 Å². The van der Waals surface area contributed by atoms with Crippen LogP contribution in [0.5, 0.6) is 0 Å². The van der Waals surface area contributed by atoms with Crippen LogP contribution in [-0.4, -0.2) is 61.6 Å². The number of nitrogens with two attached hydrogens (primary N) is 1. The molecule has 1 aromatic carbocycles. The molecule has 2 saturated heterocycles. The van der Waals surface area contributed by atoms with Crippen LogP contribution in [0, 0.1) is 0 Å². The van der Waals surface area contributed by atoms with Crippen molar-refractivity contribution in [1.29, 1.82) is 0 Å². The summed E-state index contributed by atoms with van der Waals surface area (Å²) in [6.45, 7) is 5.38. The van der Waals surface area contributed by atoms with Crippen LogP contribution in [0.15, 0.2) is 29.4 Å². The van der Waals surface area contributed by atoms with Gasteiger partial charge in [-0.1, -0.05) is 12.1 Å². The maximum Gasteiger partial charge on any atom is 0.415 e. The number of amides is 1. The number of anilines is 1. The summed E-state index contributed by atoms with van der Waals surface area (Å²) < 4.78 is 10.8. The summed E-state index contributed by atoms with van der Waals surface area (Å²) in [6.07, 6.45) is 4.10. The van der Waals surface area contributed by atoms with Crippen LogP contribution in [0.4, 0.5) is 10.5 Å². The standard InChI is InChI=1S/C20H28N4O4/c1-2-27-18(25)4-3-11-23-12-9-20(10-13-23)15-24(19(26)28-20)17-7-5-16(6-8-17)14-22-21/h5-8,14H,2-4,9-13,15,21H2,1H3. The van der Waals surface area contributed by atoms with Gasteiger partial charge in [-0.2, -0.15) is 5.10 Å². The Labute approximate surface area is 165 Å². The fourth-order valence-corrected chi connectivity index (χ4v) is 3.77. The van der Waals surface area contributed by atoms with E-state index in [2.05, 4.69) is 10.0 Å². The number of rotatable bonds is 7. The van der Waals surface area contributed by atoms with Crippen LogP contribution in [0.25, 0.3) is 0 Å². The summed E-state index contributed by atoms with van der Waals surface area (Å²) in [5.74, 6) is 5.03. The number of ether oxygens (including phenoxy) is 2. The number of likely N-dealkylation sites (tertiary alicyclic amines) is 1. The molecular weight excluding hydrogens is 360 g/mol. The number of carbonyl (C=O) groups excluding carboxylic acids is 2. The zero-order valence-corrected chi connectivity index (χ0v) is 16.3. The normalized spacial score (nSPS) is 19.3. The molecule has 2 heterocycles. The second-order valence-corrected chi connectivity index (χ2v) is 7.26. The summed E-state index contributed by atoms with van der Waals surface area (Å²) in [7, 11) is 0. The third kappa shape index (κ3) is 4.81. The molecule has 3 rings (SSSR count). The molecule has 0 unspecified atom stereocenters. The first-order chi connectivity index (χ1) is 13.5. The number of carbonyl (C=O) groups is 2. The van der Waals surface area contributed by atoms with Crippen molar-refractivity contribution in [3.63, 3.8) is 0 Å². The van der Waals surface area contributed by atoms with Gasteiger partial charge in [0, 0.05) is 38.0 Å². The van der Waals surface area contributed by atoms with Crippen molar-refractivity contribution in [2.45, 2.75) is 38.2 Å². The third-order valence-corrected chi connectivity index (χ3v) is 5.33. The molecule has 0 aliphatic carbocycles. The molecule has 0 aromatic heterocycles. The number of nitrogens with zero attached hydrogens (tertiary/aromatic N) is 3. The second-order valence-electron chi connectivity index (χ2n) is 7.26. The molecule has 28 heavy (non-hydrogen) atoms. The van der Waals surface area contributed by atoms with E-state index in [1.54, 1.807) is 11.1 Å². The lowest BCUT2D eigenvalue weighted by Gasteiger charge is -2.37. The lowest BCUT2D eigenvalue weighted by atomic mass is 9.91. The third-order valence-electron chi connectivity index (χ3n) is 5.33. The summed E-state index contributed by atoms with van der Waals surface area (Å²) in [6, 6.07) is 7.50. The molecule has 2 fully saturated rings. The summed E-state index contributed by atoms with van der Waals surface area (Å²) >= 11 is 0. The first-order valence-electron chi connectivity index (χ1n) is 9.77.